The summed E-state index contributed by atoms with van der Waals surface area (Å²) in [6.07, 6.45) is 1.03. The third-order valence-electron chi connectivity index (χ3n) is 5.65. The molecule has 3 rings (SSSR count). The van der Waals surface area contributed by atoms with Gasteiger partial charge in [0.05, 0.1) is 18.6 Å². The van der Waals surface area contributed by atoms with E-state index in [1.54, 1.807) is 0 Å². The van der Waals surface area contributed by atoms with E-state index in [4.69, 9.17) is 15.0 Å². The van der Waals surface area contributed by atoms with Gasteiger partial charge in [-0.3, -0.25) is 4.79 Å². The van der Waals surface area contributed by atoms with Gasteiger partial charge < -0.3 is 20.3 Å². The topological polar surface area (TPSA) is 103 Å². The van der Waals surface area contributed by atoms with Gasteiger partial charge in [0.1, 0.15) is 5.54 Å². The van der Waals surface area contributed by atoms with Crippen molar-refractivity contribution in [2.45, 2.75) is 58.2 Å². The van der Waals surface area contributed by atoms with Crippen molar-refractivity contribution in [2.24, 2.45) is 11.1 Å². The molecule has 1 saturated carbocycles. The second-order valence-electron chi connectivity index (χ2n) is 7.74. The molecule has 27 heavy (non-hydrogen) atoms. The summed E-state index contributed by atoms with van der Waals surface area (Å²) in [5, 5.41) is 6.94. The highest BCUT2D eigenvalue weighted by molar-refractivity contribution is 5.89. The van der Waals surface area contributed by atoms with E-state index in [0.29, 0.717) is 31.2 Å². The fraction of sp³-hybridized carbons (Fsp3) is 0.550. The normalized spacial score (nSPS) is 24.9. The Kier molecular flexibility index (Phi) is 5.35. The van der Waals surface area contributed by atoms with E-state index in [-0.39, 0.29) is 12.0 Å². The first kappa shape index (κ1) is 19.5. The molecular formula is C20H28N4O3. The number of benzene rings is 1. The van der Waals surface area contributed by atoms with Crippen molar-refractivity contribution in [2.75, 3.05) is 6.61 Å². The lowest BCUT2D eigenvalue weighted by Crippen LogP contribution is -2.75. The van der Waals surface area contributed by atoms with Gasteiger partial charge in [-0.15, -0.1) is 0 Å². The molecule has 3 unspecified atom stereocenters. The van der Waals surface area contributed by atoms with Crippen LogP contribution >= 0.6 is 0 Å². The van der Waals surface area contributed by atoms with E-state index in [1.165, 1.54) is 0 Å². The van der Waals surface area contributed by atoms with Crippen LogP contribution in [0.1, 0.15) is 57.4 Å². The molecule has 3 atom stereocenters. The Bertz CT molecular complexity index is 790. The summed E-state index contributed by atoms with van der Waals surface area (Å²) in [5.41, 5.74) is 6.09. The van der Waals surface area contributed by atoms with Crippen LogP contribution in [0.4, 0.5) is 0 Å². The monoisotopic (exact) mass is 372 g/mol. The molecular weight excluding hydrogens is 344 g/mol. The predicted octanol–water partition coefficient (Wildman–Crippen LogP) is 2.37. The molecule has 0 spiro atoms. The van der Waals surface area contributed by atoms with E-state index in [2.05, 4.69) is 15.5 Å². The summed E-state index contributed by atoms with van der Waals surface area (Å²) in [6.45, 7) is 8.30. The van der Waals surface area contributed by atoms with Gasteiger partial charge >= 0.3 is 0 Å². The summed E-state index contributed by atoms with van der Waals surface area (Å²) >= 11 is 0. The van der Waals surface area contributed by atoms with Crippen LogP contribution in [-0.4, -0.2) is 34.3 Å². The average Bonchev–Trinajstić information content (AvgIpc) is 3.10. The molecule has 3 N–H and O–H groups in total. The van der Waals surface area contributed by atoms with E-state index in [1.807, 2.05) is 58.0 Å². The second-order valence-corrected chi connectivity index (χ2v) is 7.74. The molecule has 1 aliphatic carbocycles. The summed E-state index contributed by atoms with van der Waals surface area (Å²) < 4.78 is 11.0. The number of amides is 1. The molecule has 0 bridgehead atoms. The van der Waals surface area contributed by atoms with Crippen molar-refractivity contribution in [3.05, 3.63) is 47.6 Å². The Balaban J connectivity index is 1.62. The second kappa shape index (κ2) is 7.40. The zero-order valence-corrected chi connectivity index (χ0v) is 16.4. The number of nitrogens with zero attached hydrogens (tertiary/aromatic N) is 2. The SMILES string of the molecule is CCOC1CC(N)(C(=O)NC(C)c2noc(Cc3ccccc3)n2)C1(C)C. The number of nitrogens with one attached hydrogen (secondary N) is 1. The fourth-order valence-electron chi connectivity index (χ4n) is 3.50. The Hall–Kier alpha value is -2.25. The minimum atomic E-state index is -0.975. The summed E-state index contributed by atoms with van der Waals surface area (Å²) in [4.78, 5) is 17.2. The highest BCUT2D eigenvalue weighted by Crippen LogP contribution is 2.50. The molecule has 1 aromatic heterocycles. The quantitative estimate of drug-likeness (QED) is 0.773. The maximum atomic E-state index is 12.8. The van der Waals surface area contributed by atoms with Gasteiger partial charge in [0.25, 0.3) is 0 Å². The maximum Gasteiger partial charge on any atom is 0.241 e. The Morgan fingerprint density at radius 2 is 2.11 bits per heavy atom. The van der Waals surface area contributed by atoms with Crippen LogP contribution in [-0.2, 0) is 16.0 Å². The number of hydrogen-bond donors (Lipinski definition) is 2. The third-order valence-corrected chi connectivity index (χ3v) is 5.65. The lowest BCUT2D eigenvalue weighted by atomic mass is 9.54. The smallest absolute Gasteiger partial charge is 0.241 e. The molecule has 0 saturated heterocycles. The first-order valence-electron chi connectivity index (χ1n) is 9.35. The Morgan fingerprint density at radius 1 is 1.41 bits per heavy atom. The third kappa shape index (κ3) is 3.61. The van der Waals surface area contributed by atoms with E-state index in [0.717, 1.165) is 5.56 Å². The van der Waals surface area contributed by atoms with Crippen molar-refractivity contribution in [3.63, 3.8) is 0 Å². The van der Waals surface area contributed by atoms with Crippen LogP contribution in [0.2, 0.25) is 0 Å². The zero-order chi connectivity index (χ0) is 19.7. The zero-order valence-electron chi connectivity index (χ0n) is 16.4. The number of ether oxygens (including phenoxy) is 1. The van der Waals surface area contributed by atoms with Gasteiger partial charge in [-0.25, -0.2) is 0 Å². The molecule has 1 aliphatic rings. The molecule has 7 nitrogen and oxygen atoms in total. The first-order chi connectivity index (χ1) is 12.8. The van der Waals surface area contributed by atoms with E-state index < -0.39 is 17.0 Å². The minimum Gasteiger partial charge on any atom is -0.378 e. The molecule has 2 aromatic rings. The summed E-state index contributed by atoms with van der Waals surface area (Å²) in [5.74, 6) is 0.738. The van der Waals surface area contributed by atoms with Crippen molar-refractivity contribution in [1.82, 2.24) is 15.5 Å². The lowest BCUT2D eigenvalue weighted by molar-refractivity contribution is -0.171. The van der Waals surface area contributed by atoms with Gasteiger partial charge in [0.15, 0.2) is 5.82 Å². The van der Waals surface area contributed by atoms with Crippen molar-refractivity contribution in [3.8, 4) is 0 Å². The van der Waals surface area contributed by atoms with Crippen LogP contribution in [0.15, 0.2) is 34.9 Å². The van der Waals surface area contributed by atoms with Crippen LogP contribution in [0.3, 0.4) is 0 Å². The van der Waals surface area contributed by atoms with E-state index >= 15 is 0 Å². The number of carbonyl (C=O) groups is 1. The maximum absolute atomic E-state index is 12.8. The highest BCUT2D eigenvalue weighted by atomic mass is 16.5. The first-order valence-corrected chi connectivity index (χ1v) is 9.35. The fourth-order valence-corrected chi connectivity index (χ4v) is 3.50. The molecule has 0 aliphatic heterocycles. The Morgan fingerprint density at radius 3 is 2.74 bits per heavy atom. The minimum absolute atomic E-state index is 0.0174. The lowest BCUT2D eigenvalue weighted by Gasteiger charge is -2.57. The number of carbonyl (C=O) groups excluding carboxylic acids is 1. The van der Waals surface area contributed by atoms with Crippen LogP contribution < -0.4 is 11.1 Å². The molecule has 0 radical (unpaired) electrons. The molecule has 1 amide bonds. The Labute approximate surface area is 159 Å². The highest BCUT2D eigenvalue weighted by Gasteiger charge is 2.63. The largest absolute Gasteiger partial charge is 0.378 e. The molecule has 1 fully saturated rings. The summed E-state index contributed by atoms with van der Waals surface area (Å²) in [6, 6.07) is 9.49. The average molecular weight is 372 g/mol. The number of nitrogens with two attached hydrogens (primary N) is 1. The number of aromatic nitrogens is 2. The summed E-state index contributed by atoms with van der Waals surface area (Å²) in [7, 11) is 0. The van der Waals surface area contributed by atoms with Gasteiger partial charge in [-0.2, -0.15) is 4.98 Å². The molecule has 1 aromatic carbocycles. The van der Waals surface area contributed by atoms with Gasteiger partial charge in [-0.05, 0) is 19.4 Å². The van der Waals surface area contributed by atoms with Crippen molar-refractivity contribution in [1.29, 1.82) is 0 Å². The molecule has 146 valence electrons. The standard InChI is InChI=1S/C20H28N4O3/c1-5-26-15-12-20(21,19(15,3)4)18(25)22-13(2)17-23-16(27-24-17)11-14-9-7-6-8-10-14/h6-10,13,15H,5,11-12,21H2,1-4H3,(H,22,25). The van der Waals surface area contributed by atoms with Gasteiger partial charge in [-0.1, -0.05) is 49.3 Å². The van der Waals surface area contributed by atoms with Crippen molar-refractivity contribution < 1.29 is 14.1 Å². The van der Waals surface area contributed by atoms with E-state index in [9.17, 15) is 4.79 Å². The number of hydrogen-bond acceptors (Lipinski definition) is 6. The molecule has 7 heteroatoms. The molecule has 1 heterocycles. The van der Waals surface area contributed by atoms with Gasteiger partial charge in [0, 0.05) is 18.4 Å². The van der Waals surface area contributed by atoms with Crippen LogP contribution in [0.5, 0.6) is 0 Å². The van der Waals surface area contributed by atoms with Gasteiger partial charge in [0.2, 0.25) is 11.8 Å². The van der Waals surface area contributed by atoms with Crippen LogP contribution in [0, 0.1) is 5.41 Å². The van der Waals surface area contributed by atoms with Crippen molar-refractivity contribution >= 4 is 5.91 Å². The predicted molar refractivity (Wildman–Crippen MR) is 101 cm³/mol. The van der Waals surface area contributed by atoms with Crippen LogP contribution in [0.25, 0.3) is 0 Å². The number of rotatable bonds is 7.